The highest BCUT2D eigenvalue weighted by molar-refractivity contribution is 5.76. The fourth-order valence-electron chi connectivity index (χ4n) is 3.23. The number of aryl methyl sites for hydroxylation is 1. The summed E-state index contributed by atoms with van der Waals surface area (Å²) in [5.41, 5.74) is 2.82. The molecule has 23 heavy (non-hydrogen) atoms. The standard InChI is InChI=1S/C19H28N2O2/c1-15(22)20-13-7-3-4-10-19(23)21(2)18-12-11-16-8-5-6-9-17(16)14-18/h5-6,8-9,18H,3-4,7,10-14H2,1-2H3,(H,20,22)/t18-/m1/s1. The minimum absolute atomic E-state index is 0.0124. The van der Waals surface area contributed by atoms with E-state index in [0.717, 1.165) is 38.5 Å². The van der Waals surface area contributed by atoms with Crippen molar-refractivity contribution in [2.45, 2.75) is 57.9 Å². The number of hydrogen-bond donors (Lipinski definition) is 1. The van der Waals surface area contributed by atoms with Gasteiger partial charge in [0, 0.05) is 33.0 Å². The molecule has 2 amide bonds. The van der Waals surface area contributed by atoms with E-state index in [-0.39, 0.29) is 11.8 Å². The Morgan fingerprint density at radius 1 is 1.17 bits per heavy atom. The molecule has 126 valence electrons. The van der Waals surface area contributed by atoms with E-state index in [1.54, 1.807) is 0 Å². The van der Waals surface area contributed by atoms with Crippen LogP contribution in [0.5, 0.6) is 0 Å². The summed E-state index contributed by atoms with van der Waals surface area (Å²) in [7, 11) is 1.94. The monoisotopic (exact) mass is 316 g/mol. The molecule has 1 N–H and O–H groups in total. The molecule has 0 radical (unpaired) electrons. The average Bonchev–Trinajstić information content (AvgIpc) is 2.56. The molecule has 1 aliphatic carbocycles. The van der Waals surface area contributed by atoms with Crippen LogP contribution < -0.4 is 5.32 Å². The highest BCUT2D eigenvalue weighted by Gasteiger charge is 2.24. The van der Waals surface area contributed by atoms with E-state index in [1.165, 1.54) is 18.1 Å². The number of benzene rings is 1. The summed E-state index contributed by atoms with van der Waals surface area (Å²) < 4.78 is 0. The normalized spacial score (nSPS) is 16.5. The molecule has 0 saturated carbocycles. The summed E-state index contributed by atoms with van der Waals surface area (Å²) in [5.74, 6) is 0.257. The number of likely N-dealkylation sites (N-methyl/N-ethyl adjacent to an activating group) is 1. The van der Waals surface area contributed by atoms with E-state index in [0.29, 0.717) is 19.0 Å². The fraction of sp³-hybridized carbons (Fsp3) is 0.579. The number of hydrogen-bond acceptors (Lipinski definition) is 2. The van der Waals surface area contributed by atoms with Crippen molar-refractivity contribution in [3.8, 4) is 0 Å². The second-order valence-electron chi connectivity index (χ2n) is 6.46. The predicted molar refractivity (Wildman–Crippen MR) is 92.2 cm³/mol. The minimum Gasteiger partial charge on any atom is -0.356 e. The SMILES string of the molecule is CC(=O)NCCCCCC(=O)N(C)[C@@H]1CCc2ccccc2C1. The first-order chi connectivity index (χ1) is 11.1. The van der Waals surface area contributed by atoms with Crippen LogP contribution in [0.25, 0.3) is 0 Å². The van der Waals surface area contributed by atoms with Crippen molar-refractivity contribution in [3.05, 3.63) is 35.4 Å². The molecular formula is C19H28N2O2. The molecule has 4 nitrogen and oxygen atoms in total. The Morgan fingerprint density at radius 2 is 1.91 bits per heavy atom. The lowest BCUT2D eigenvalue weighted by atomic mass is 9.87. The van der Waals surface area contributed by atoms with Crippen molar-refractivity contribution < 1.29 is 9.59 Å². The Kier molecular flexibility index (Phi) is 6.63. The van der Waals surface area contributed by atoms with Crippen LogP contribution in [0.15, 0.2) is 24.3 Å². The molecule has 0 bridgehead atoms. The van der Waals surface area contributed by atoms with Gasteiger partial charge in [0.25, 0.3) is 0 Å². The van der Waals surface area contributed by atoms with Crippen LogP contribution in [-0.2, 0) is 22.4 Å². The molecule has 1 atom stereocenters. The van der Waals surface area contributed by atoms with Gasteiger partial charge in [-0.05, 0) is 43.2 Å². The third-order valence-corrected chi connectivity index (χ3v) is 4.70. The number of amides is 2. The van der Waals surface area contributed by atoms with Crippen LogP contribution >= 0.6 is 0 Å². The smallest absolute Gasteiger partial charge is 0.222 e. The van der Waals surface area contributed by atoms with Gasteiger partial charge in [-0.25, -0.2) is 0 Å². The molecule has 1 aromatic carbocycles. The van der Waals surface area contributed by atoms with Crippen molar-refractivity contribution in [2.75, 3.05) is 13.6 Å². The van der Waals surface area contributed by atoms with E-state index < -0.39 is 0 Å². The number of carbonyl (C=O) groups excluding carboxylic acids is 2. The lowest BCUT2D eigenvalue weighted by Crippen LogP contribution is -2.40. The third kappa shape index (κ3) is 5.38. The van der Waals surface area contributed by atoms with Crippen LogP contribution in [0, 0.1) is 0 Å². The van der Waals surface area contributed by atoms with Crippen LogP contribution in [0.3, 0.4) is 0 Å². The number of unbranched alkanes of at least 4 members (excludes halogenated alkanes) is 2. The summed E-state index contributed by atoms with van der Waals surface area (Å²) in [5, 5.41) is 2.78. The van der Waals surface area contributed by atoms with E-state index >= 15 is 0 Å². The van der Waals surface area contributed by atoms with Crippen molar-refractivity contribution in [1.82, 2.24) is 10.2 Å². The van der Waals surface area contributed by atoms with E-state index in [2.05, 4.69) is 29.6 Å². The molecule has 1 aromatic rings. The Balaban J connectivity index is 1.70. The first kappa shape index (κ1) is 17.5. The molecule has 2 rings (SSSR count). The number of fused-ring (bicyclic) bond motifs is 1. The maximum atomic E-state index is 12.4. The highest BCUT2D eigenvalue weighted by Crippen LogP contribution is 2.24. The molecular weight excluding hydrogens is 288 g/mol. The summed E-state index contributed by atoms with van der Waals surface area (Å²) in [4.78, 5) is 25.1. The van der Waals surface area contributed by atoms with E-state index in [4.69, 9.17) is 0 Å². The topological polar surface area (TPSA) is 49.4 Å². The summed E-state index contributed by atoms with van der Waals surface area (Å²) in [6.07, 6.45) is 6.51. The Hall–Kier alpha value is -1.84. The second kappa shape index (κ2) is 8.70. The number of rotatable bonds is 7. The molecule has 0 fully saturated rings. The molecule has 0 spiro atoms. The fourth-order valence-corrected chi connectivity index (χ4v) is 3.23. The maximum Gasteiger partial charge on any atom is 0.222 e. The van der Waals surface area contributed by atoms with Crippen molar-refractivity contribution >= 4 is 11.8 Å². The average molecular weight is 316 g/mol. The van der Waals surface area contributed by atoms with Crippen molar-refractivity contribution in [2.24, 2.45) is 0 Å². The Bertz CT molecular complexity index is 542. The van der Waals surface area contributed by atoms with Crippen molar-refractivity contribution in [1.29, 1.82) is 0 Å². The zero-order valence-corrected chi connectivity index (χ0v) is 14.3. The van der Waals surface area contributed by atoms with Crippen LogP contribution in [0.1, 0.15) is 50.2 Å². The van der Waals surface area contributed by atoms with Gasteiger partial charge in [-0.3, -0.25) is 9.59 Å². The van der Waals surface area contributed by atoms with Gasteiger partial charge in [0.15, 0.2) is 0 Å². The zero-order valence-electron chi connectivity index (χ0n) is 14.3. The first-order valence-corrected chi connectivity index (χ1v) is 8.65. The van der Waals surface area contributed by atoms with E-state index in [1.807, 2.05) is 11.9 Å². The van der Waals surface area contributed by atoms with Gasteiger partial charge in [-0.1, -0.05) is 30.7 Å². The van der Waals surface area contributed by atoms with Gasteiger partial charge in [-0.15, -0.1) is 0 Å². The van der Waals surface area contributed by atoms with Gasteiger partial charge < -0.3 is 10.2 Å². The molecule has 0 saturated heterocycles. The van der Waals surface area contributed by atoms with Crippen LogP contribution in [0.4, 0.5) is 0 Å². The second-order valence-corrected chi connectivity index (χ2v) is 6.46. The largest absolute Gasteiger partial charge is 0.356 e. The van der Waals surface area contributed by atoms with Gasteiger partial charge in [0.2, 0.25) is 11.8 Å². The number of carbonyl (C=O) groups is 2. The van der Waals surface area contributed by atoms with Gasteiger partial charge in [-0.2, -0.15) is 0 Å². The van der Waals surface area contributed by atoms with Gasteiger partial charge in [0.05, 0.1) is 0 Å². The number of nitrogens with zero attached hydrogens (tertiary/aromatic N) is 1. The summed E-state index contributed by atoms with van der Waals surface area (Å²) >= 11 is 0. The Labute approximate surface area is 139 Å². The van der Waals surface area contributed by atoms with Crippen LogP contribution in [0.2, 0.25) is 0 Å². The molecule has 1 aliphatic rings. The molecule has 0 aromatic heterocycles. The summed E-state index contributed by atoms with van der Waals surface area (Å²) in [6, 6.07) is 8.88. The molecule has 0 heterocycles. The Morgan fingerprint density at radius 3 is 2.65 bits per heavy atom. The lowest BCUT2D eigenvalue weighted by Gasteiger charge is -2.32. The molecule has 4 heteroatoms. The van der Waals surface area contributed by atoms with Gasteiger partial charge >= 0.3 is 0 Å². The predicted octanol–water partition coefficient (Wildman–Crippen LogP) is 2.70. The lowest BCUT2D eigenvalue weighted by molar-refractivity contribution is -0.132. The molecule has 0 aliphatic heterocycles. The third-order valence-electron chi connectivity index (χ3n) is 4.70. The van der Waals surface area contributed by atoms with E-state index in [9.17, 15) is 9.59 Å². The quantitative estimate of drug-likeness (QED) is 0.786. The minimum atomic E-state index is 0.0124. The first-order valence-electron chi connectivity index (χ1n) is 8.65. The van der Waals surface area contributed by atoms with Crippen LogP contribution in [-0.4, -0.2) is 36.3 Å². The number of nitrogens with one attached hydrogen (secondary N) is 1. The zero-order chi connectivity index (χ0) is 16.7. The summed E-state index contributed by atoms with van der Waals surface area (Å²) in [6.45, 7) is 2.24. The van der Waals surface area contributed by atoms with Crippen molar-refractivity contribution in [3.63, 3.8) is 0 Å². The van der Waals surface area contributed by atoms with Gasteiger partial charge in [0.1, 0.15) is 0 Å². The molecule has 0 unspecified atom stereocenters. The maximum absolute atomic E-state index is 12.4. The highest BCUT2D eigenvalue weighted by atomic mass is 16.2.